The molecule has 0 spiro atoms. The van der Waals surface area contributed by atoms with Crippen LogP contribution in [0.3, 0.4) is 0 Å². The Morgan fingerprint density at radius 3 is 2.45 bits per heavy atom. The lowest BCUT2D eigenvalue weighted by Crippen LogP contribution is -2.32. The largest absolute Gasteiger partial charge is 0.391 e. The quantitative estimate of drug-likeness (QED) is 0.631. The molecule has 2 atom stereocenters. The Hall–Kier alpha value is -2.31. The van der Waals surface area contributed by atoms with Crippen LogP contribution in [0.15, 0.2) is 60.7 Å². The van der Waals surface area contributed by atoms with Crippen molar-refractivity contribution in [3.05, 3.63) is 82.2 Å². The van der Waals surface area contributed by atoms with Crippen molar-refractivity contribution in [2.45, 2.75) is 32.0 Å². The third-order valence-electron chi connectivity index (χ3n) is 4.76. The summed E-state index contributed by atoms with van der Waals surface area (Å²) in [6.07, 6.45) is 1.40. The molecule has 0 bridgehead atoms. The Labute approximate surface area is 175 Å². The van der Waals surface area contributed by atoms with Gasteiger partial charge in [-0.3, -0.25) is 4.79 Å². The summed E-state index contributed by atoms with van der Waals surface area (Å²) >= 11 is 1.79. The normalized spacial score (nSPS) is 18.6. The first kappa shape index (κ1) is 21.4. The first-order chi connectivity index (χ1) is 14.0. The number of aliphatic hydroxyl groups excluding tert-OH is 2. The molecule has 152 valence electrons. The molecule has 1 saturated heterocycles. The number of ether oxygens (including phenoxy) is 1. The van der Waals surface area contributed by atoms with Gasteiger partial charge >= 0.3 is 0 Å². The molecule has 4 rings (SSSR count). The van der Waals surface area contributed by atoms with Gasteiger partial charge in [-0.2, -0.15) is 0 Å². The molecule has 0 saturated carbocycles. The lowest BCUT2D eigenvalue weighted by molar-refractivity contribution is -0.0715. The minimum atomic E-state index is -0.459. The third-order valence-corrected chi connectivity index (χ3v) is 5.89. The average Bonchev–Trinajstić information content (AvgIpc) is 3.19. The number of rotatable bonds is 4. The standard InChI is InChI=1S/C19H16OS.C5H10O3/c1-14-5-2-3-7-16(14)12-18-9-10-19(21-18)17-8-4-6-15(11-17)13-20;6-4-1-5(7)3-8-2-4/h2-11,13H,12H2,1H3;4-7H,1-3H2. The summed E-state index contributed by atoms with van der Waals surface area (Å²) < 4.78 is 4.79. The van der Waals surface area contributed by atoms with Gasteiger partial charge in [0.1, 0.15) is 6.29 Å². The van der Waals surface area contributed by atoms with E-state index >= 15 is 0 Å². The second-order valence-corrected chi connectivity index (χ2v) is 8.36. The second-order valence-electron chi connectivity index (χ2n) is 7.19. The lowest BCUT2D eigenvalue weighted by atomic mass is 10.1. The summed E-state index contributed by atoms with van der Waals surface area (Å²) in [5.74, 6) is 0. The van der Waals surface area contributed by atoms with Crippen molar-refractivity contribution in [3.8, 4) is 10.4 Å². The summed E-state index contributed by atoms with van der Waals surface area (Å²) in [5, 5.41) is 17.6. The van der Waals surface area contributed by atoms with Gasteiger partial charge in [0.05, 0.1) is 25.4 Å². The van der Waals surface area contributed by atoms with E-state index in [0.29, 0.717) is 19.6 Å². The van der Waals surface area contributed by atoms with Crippen molar-refractivity contribution in [1.29, 1.82) is 0 Å². The van der Waals surface area contributed by atoms with E-state index in [2.05, 4.69) is 49.4 Å². The minimum Gasteiger partial charge on any atom is -0.391 e. The van der Waals surface area contributed by atoms with Gasteiger partial charge in [0.15, 0.2) is 0 Å². The molecule has 0 aliphatic carbocycles. The smallest absolute Gasteiger partial charge is 0.150 e. The molecule has 3 aromatic rings. The van der Waals surface area contributed by atoms with E-state index in [1.54, 1.807) is 11.3 Å². The Morgan fingerprint density at radius 2 is 1.79 bits per heavy atom. The number of hydrogen-bond acceptors (Lipinski definition) is 5. The zero-order valence-corrected chi connectivity index (χ0v) is 17.3. The van der Waals surface area contributed by atoms with E-state index in [4.69, 9.17) is 14.9 Å². The minimum absolute atomic E-state index is 0.372. The van der Waals surface area contributed by atoms with Gasteiger partial charge in [0, 0.05) is 28.2 Å². The maximum absolute atomic E-state index is 10.9. The lowest BCUT2D eigenvalue weighted by Gasteiger charge is -2.21. The van der Waals surface area contributed by atoms with E-state index in [9.17, 15) is 4.79 Å². The summed E-state index contributed by atoms with van der Waals surface area (Å²) in [4.78, 5) is 13.4. The van der Waals surface area contributed by atoms with Crippen LogP contribution < -0.4 is 0 Å². The fourth-order valence-electron chi connectivity index (χ4n) is 3.18. The van der Waals surface area contributed by atoms with Crippen LogP contribution in [0.5, 0.6) is 0 Å². The molecule has 2 unspecified atom stereocenters. The SMILES string of the molecule is Cc1ccccc1Cc1ccc(-c2cccc(C=O)c2)s1.OC1COCC(O)C1. The summed E-state index contributed by atoms with van der Waals surface area (Å²) in [7, 11) is 0. The molecule has 1 aliphatic rings. The molecular formula is C24H26O4S. The Bertz CT molecular complexity index is 926. The molecule has 4 nitrogen and oxygen atoms in total. The molecule has 0 amide bonds. The highest BCUT2D eigenvalue weighted by molar-refractivity contribution is 7.15. The number of aliphatic hydroxyl groups is 2. The van der Waals surface area contributed by atoms with Crippen LogP contribution in [-0.4, -0.2) is 41.9 Å². The van der Waals surface area contributed by atoms with Crippen LogP contribution in [0.25, 0.3) is 10.4 Å². The Balaban J connectivity index is 0.000000252. The molecular weight excluding hydrogens is 384 g/mol. The van der Waals surface area contributed by atoms with Gasteiger partial charge < -0.3 is 14.9 Å². The maximum atomic E-state index is 10.9. The zero-order chi connectivity index (χ0) is 20.6. The Kier molecular flexibility index (Phi) is 7.72. The fourth-order valence-corrected chi connectivity index (χ4v) is 4.21. The van der Waals surface area contributed by atoms with Crippen molar-refractivity contribution in [2.24, 2.45) is 0 Å². The van der Waals surface area contributed by atoms with Crippen LogP contribution in [0.2, 0.25) is 0 Å². The van der Waals surface area contributed by atoms with E-state index < -0.39 is 12.2 Å². The molecule has 2 N–H and O–H groups in total. The van der Waals surface area contributed by atoms with Crippen LogP contribution >= 0.6 is 11.3 Å². The number of thiophene rings is 1. The molecule has 29 heavy (non-hydrogen) atoms. The van der Waals surface area contributed by atoms with Gasteiger partial charge in [0.25, 0.3) is 0 Å². The third kappa shape index (κ3) is 6.34. The van der Waals surface area contributed by atoms with Crippen molar-refractivity contribution in [3.63, 3.8) is 0 Å². The topological polar surface area (TPSA) is 66.8 Å². The second kappa shape index (κ2) is 10.5. The summed E-state index contributed by atoms with van der Waals surface area (Å²) in [6, 6.07) is 20.6. The van der Waals surface area contributed by atoms with E-state index in [1.165, 1.54) is 20.9 Å². The maximum Gasteiger partial charge on any atom is 0.150 e. The molecule has 2 aromatic carbocycles. The number of hydrogen-bond donors (Lipinski definition) is 2. The number of carbonyl (C=O) groups excluding carboxylic acids is 1. The fraction of sp³-hybridized carbons (Fsp3) is 0.292. The molecule has 5 heteroatoms. The highest BCUT2D eigenvalue weighted by atomic mass is 32.1. The van der Waals surface area contributed by atoms with Gasteiger partial charge in [-0.15, -0.1) is 11.3 Å². The van der Waals surface area contributed by atoms with E-state index in [-0.39, 0.29) is 0 Å². The number of aldehydes is 1. The van der Waals surface area contributed by atoms with Gasteiger partial charge in [0.2, 0.25) is 0 Å². The van der Waals surface area contributed by atoms with Crippen LogP contribution in [0.4, 0.5) is 0 Å². The predicted molar refractivity (Wildman–Crippen MR) is 117 cm³/mol. The predicted octanol–water partition coefficient (Wildman–Crippen LogP) is 4.26. The van der Waals surface area contributed by atoms with Gasteiger partial charge in [-0.25, -0.2) is 0 Å². The molecule has 1 aromatic heterocycles. The van der Waals surface area contributed by atoms with Crippen LogP contribution in [0.1, 0.15) is 32.8 Å². The molecule has 1 aliphatic heterocycles. The van der Waals surface area contributed by atoms with Crippen molar-refractivity contribution < 1.29 is 19.7 Å². The number of aryl methyl sites for hydroxylation is 1. The van der Waals surface area contributed by atoms with Crippen molar-refractivity contribution in [2.75, 3.05) is 13.2 Å². The number of carbonyl (C=O) groups is 1. The summed E-state index contributed by atoms with van der Waals surface area (Å²) in [5.41, 5.74) is 4.53. The van der Waals surface area contributed by atoms with Crippen LogP contribution in [0, 0.1) is 6.92 Å². The Morgan fingerprint density at radius 1 is 1.03 bits per heavy atom. The number of benzene rings is 2. The van der Waals surface area contributed by atoms with Crippen molar-refractivity contribution in [1.82, 2.24) is 0 Å². The highest BCUT2D eigenvalue weighted by Gasteiger charge is 2.17. The molecule has 0 radical (unpaired) electrons. The van der Waals surface area contributed by atoms with Gasteiger partial charge in [-0.05, 0) is 41.8 Å². The van der Waals surface area contributed by atoms with E-state index in [1.807, 2.05) is 18.2 Å². The van der Waals surface area contributed by atoms with Crippen molar-refractivity contribution >= 4 is 17.6 Å². The average molecular weight is 411 g/mol. The first-order valence-corrected chi connectivity index (χ1v) is 10.5. The highest BCUT2D eigenvalue weighted by Crippen LogP contribution is 2.30. The first-order valence-electron chi connectivity index (χ1n) is 9.68. The molecule has 1 fully saturated rings. The molecule has 2 heterocycles. The summed E-state index contributed by atoms with van der Waals surface area (Å²) in [6.45, 7) is 2.89. The van der Waals surface area contributed by atoms with Gasteiger partial charge in [-0.1, -0.05) is 42.5 Å². The monoisotopic (exact) mass is 410 g/mol. The zero-order valence-electron chi connectivity index (χ0n) is 16.5. The van der Waals surface area contributed by atoms with E-state index in [0.717, 1.165) is 23.8 Å². The van der Waals surface area contributed by atoms with Crippen LogP contribution in [-0.2, 0) is 11.2 Å².